The average molecular weight is 273 g/mol. The van der Waals surface area contributed by atoms with Crippen LogP contribution in [0.4, 0.5) is 0 Å². The third-order valence-corrected chi connectivity index (χ3v) is 3.95. The van der Waals surface area contributed by atoms with Crippen LogP contribution in [-0.4, -0.2) is 34.2 Å². The monoisotopic (exact) mass is 273 g/mol. The van der Waals surface area contributed by atoms with Gasteiger partial charge in [0.1, 0.15) is 5.65 Å². The minimum absolute atomic E-state index is 0.0200. The lowest BCUT2D eigenvalue weighted by atomic mass is 9.91. The van der Waals surface area contributed by atoms with Crippen LogP contribution in [0.15, 0.2) is 29.2 Å². The van der Waals surface area contributed by atoms with Crippen molar-refractivity contribution in [3.05, 3.63) is 46.0 Å². The standard InChI is InChI=1S/C15H19N3O2/c19-10-6-12-14(11-4-7-16-8-5-11)17-13-3-1-2-9-18(13)15(12)20/h1-3,9,11,16,19H,4-8,10H2. The zero-order chi connectivity index (χ0) is 13.9. The van der Waals surface area contributed by atoms with E-state index in [2.05, 4.69) is 5.32 Å². The Morgan fingerprint density at radius 2 is 2.15 bits per heavy atom. The van der Waals surface area contributed by atoms with Gasteiger partial charge in [0.25, 0.3) is 5.56 Å². The molecule has 1 aliphatic heterocycles. The highest BCUT2D eigenvalue weighted by molar-refractivity contribution is 5.41. The van der Waals surface area contributed by atoms with Gasteiger partial charge in [-0.2, -0.15) is 0 Å². The smallest absolute Gasteiger partial charge is 0.261 e. The van der Waals surface area contributed by atoms with Gasteiger partial charge in [-0.3, -0.25) is 9.20 Å². The molecule has 0 saturated carbocycles. The Balaban J connectivity index is 2.17. The molecular weight excluding hydrogens is 254 g/mol. The molecular formula is C15H19N3O2. The second kappa shape index (κ2) is 5.73. The molecule has 0 bridgehead atoms. The Bertz CT molecular complexity index is 660. The molecule has 2 N–H and O–H groups in total. The summed E-state index contributed by atoms with van der Waals surface area (Å²) in [6, 6.07) is 5.57. The number of aliphatic hydroxyl groups is 1. The Labute approximate surface area is 117 Å². The first-order valence-corrected chi connectivity index (χ1v) is 7.13. The van der Waals surface area contributed by atoms with E-state index in [1.54, 1.807) is 10.6 Å². The Morgan fingerprint density at radius 1 is 1.35 bits per heavy atom. The first-order chi connectivity index (χ1) is 9.81. The second-order valence-corrected chi connectivity index (χ2v) is 5.21. The number of hydrogen-bond donors (Lipinski definition) is 2. The van der Waals surface area contributed by atoms with Crippen molar-refractivity contribution in [3.63, 3.8) is 0 Å². The maximum absolute atomic E-state index is 12.6. The maximum Gasteiger partial charge on any atom is 0.261 e. The lowest BCUT2D eigenvalue weighted by molar-refractivity contribution is 0.297. The number of pyridine rings is 1. The van der Waals surface area contributed by atoms with Crippen molar-refractivity contribution in [2.24, 2.45) is 0 Å². The summed E-state index contributed by atoms with van der Waals surface area (Å²) < 4.78 is 1.57. The SMILES string of the molecule is O=c1c(CCO)c(C2CCNCC2)nc2ccccn12. The lowest BCUT2D eigenvalue weighted by Crippen LogP contribution is -2.30. The van der Waals surface area contributed by atoms with Gasteiger partial charge in [0.15, 0.2) is 0 Å². The van der Waals surface area contributed by atoms with E-state index in [1.165, 1.54) is 0 Å². The Kier molecular flexibility index (Phi) is 3.80. The van der Waals surface area contributed by atoms with Crippen molar-refractivity contribution in [2.45, 2.75) is 25.2 Å². The Hall–Kier alpha value is -1.72. The van der Waals surface area contributed by atoms with Crippen LogP contribution < -0.4 is 10.9 Å². The summed E-state index contributed by atoms with van der Waals surface area (Å²) in [5, 5.41) is 12.6. The van der Waals surface area contributed by atoms with E-state index in [0.29, 0.717) is 23.5 Å². The van der Waals surface area contributed by atoms with Gasteiger partial charge >= 0.3 is 0 Å². The molecule has 0 atom stereocenters. The normalized spacial score (nSPS) is 16.6. The Morgan fingerprint density at radius 3 is 2.90 bits per heavy atom. The zero-order valence-electron chi connectivity index (χ0n) is 11.4. The molecule has 0 aliphatic carbocycles. The number of rotatable bonds is 3. The fraction of sp³-hybridized carbons (Fsp3) is 0.467. The number of piperidine rings is 1. The topological polar surface area (TPSA) is 66.6 Å². The fourth-order valence-corrected chi connectivity index (χ4v) is 2.92. The summed E-state index contributed by atoms with van der Waals surface area (Å²) in [5.74, 6) is 0.315. The van der Waals surface area contributed by atoms with Crippen LogP contribution in [0, 0.1) is 0 Å². The van der Waals surface area contributed by atoms with E-state index in [0.717, 1.165) is 31.6 Å². The molecule has 0 unspecified atom stereocenters. The highest BCUT2D eigenvalue weighted by Gasteiger charge is 2.22. The van der Waals surface area contributed by atoms with Crippen molar-refractivity contribution in [1.29, 1.82) is 0 Å². The molecule has 1 fully saturated rings. The quantitative estimate of drug-likeness (QED) is 0.864. The molecule has 3 heterocycles. The molecule has 2 aromatic heterocycles. The van der Waals surface area contributed by atoms with Crippen molar-refractivity contribution in [3.8, 4) is 0 Å². The van der Waals surface area contributed by atoms with E-state index in [-0.39, 0.29) is 12.2 Å². The molecule has 0 aromatic carbocycles. The first kappa shape index (κ1) is 13.3. The first-order valence-electron chi connectivity index (χ1n) is 7.13. The van der Waals surface area contributed by atoms with E-state index in [1.807, 2.05) is 18.2 Å². The molecule has 0 amide bonds. The second-order valence-electron chi connectivity index (χ2n) is 5.21. The summed E-state index contributed by atoms with van der Waals surface area (Å²) in [6.07, 6.45) is 4.10. The van der Waals surface area contributed by atoms with Gasteiger partial charge in [-0.1, -0.05) is 6.07 Å². The number of fused-ring (bicyclic) bond motifs is 1. The number of nitrogens with one attached hydrogen (secondary N) is 1. The van der Waals surface area contributed by atoms with Crippen molar-refractivity contribution in [2.75, 3.05) is 19.7 Å². The molecule has 0 spiro atoms. The van der Waals surface area contributed by atoms with E-state index < -0.39 is 0 Å². The third kappa shape index (κ3) is 2.34. The highest BCUT2D eigenvalue weighted by atomic mass is 16.3. The van der Waals surface area contributed by atoms with Gasteiger partial charge in [0, 0.05) is 30.7 Å². The molecule has 3 rings (SSSR count). The zero-order valence-corrected chi connectivity index (χ0v) is 11.4. The third-order valence-electron chi connectivity index (χ3n) is 3.95. The summed E-state index contributed by atoms with van der Waals surface area (Å²) in [5.41, 5.74) is 2.20. The van der Waals surface area contributed by atoms with Gasteiger partial charge in [0.05, 0.1) is 5.69 Å². The van der Waals surface area contributed by atoms with Gasteiger partial charge < -0.3 is 10.4 Å². The van der Waals surface area contributed by atoms with Crippen LogP contribution in [0.1, 0.15) is 30.0 Å². The van der Waals surface area contributed by atoms with Crippen molar-refractivity contribution < 1.29 is 5.11 Å². The molecule has 2 aromatic rings. The van der Waals surface area contributed by atoms with E-state index >= 15 is 0 Å². The van der Waals surface area contributed by atoms with Crippen molar-refractivity contribution in [1.82, 2.24) is 14.7 Å². The van der Waals surface area contributed by atoms with Gasteiger partial charge in [-0.05, 0) is 38.1 Å². The molecule has 20 heavy (non-hydrogen) atoms. The largest absolute Gasteiger partial charge is 0.396 e. The molecule has 5 nitrogen and oxygen atoms in total. The number of aromatic nitrogens is 2. The van der Waals surface area contributed by atoms with Crippen LogP contribution in [-0.2, 0) is 6.42 Å². The number of nitrogens with zero attached hydrogens (tertiary/aromatic N) is 2. The fourth-order valence-electron chi connectivity index (χ4n) is 2.92. The van der Waals surface area contributed by atoms with Crippen LogP contribution in [0.3, 0.4) is 0 Å². The van der Waals surface area contributed by atoms with E-state index in [9.17, 15) is 9.90 Å². The van der Waals surface area contributed by atoms with Gasteiger partial charge in [-0.25, -0.2) is 4.98 Å². The lowest BCUT2D eigenvalue weighted by Gasteiger charge is -2.24. The van der Waals surface area contributed by atoms with Crippen molar-refractivity contribution >= 4 is 5.65 Å². The average Bonchev–Trinajstić information content (AvgIpc) is 2.51. The molecule has 106 valence electrons. The van der Waals surface area contributed by atoms with Crippen LogP contribution in [0.25, 0.3) is 5.65 Å². The summed E-state index contributed by atoms with van der Waals surface area (Å²) >= 11 is 0. The minimum Gasteiger partial charge on any atom is -0.396 e. The van der Waals surface area contributed by atoms with Crippen LogP contribution >= 0.6 is 0 Å². The van der Waals surface area contributed by atoms with Crippen LogP contribution in [0.2, 0.25) is 0 Å². The number of aliphatic hydroxyl groups excluding tert-OH is 1. The predicted octanol–water partition coefficient (Wildman–Crippen LogP) is 0.696. The minimum atomic E-state index is -0.0433. The predicted molar refractivity (Wildman–Crippen MR) is 77.1 cm³/mol. The van der Waals surface area contributed by atoms with Crippen LogP contribution in [0.5, 0.6) is 0 Å². The highest BCUT2D eigenvalue weighted by Crippen LogP contribution is 2.25. The van der Waals surface area contributed by atoms with Gasteiger partial charge in [-0.15, -0.1) is 0 Å². The summed E-state index contributed by atoms with van der Waals surface area (Å²) in [7, 11) is 0. The molecule has 5 heteroatoms. The molecule has 1 aliphatic rings. The maximum atomic E-state index is 12.6. The van der Waals surface area contributed by atoms with Gasteiger partial charge in [0.2, 0.25) is 0 Å². The molecule has 1 saturated heterocycles. The summed E-state index contributed by atoms with van der Waals surface area (Å²) in [4.78, 5) is 17.3. The molecule has 0 radical (unpaired) electrons. The number of hydrogen-bond acceptors (Lipinski definition) is 4. The van der Waals surface area contributed by atoms with E-state index in [4.69, 9.17) is 4.98 Å². The summed E-state index contributed by atoms with van der Waals surface area (Å²) in [6.45, 7) is 1.89.